The summed E-state index contributed by atoms with van der Waals surface area (Å²) < 4.78 is 26.0. The number of rotatable bonds is 2. The maximum absolute atomic E-state index is 12.5. The lowest BCUT2D eigenvalue weighted by atomic mass is 10.4. The molecule has 0 N–H and O–H groups in total. The van der Waals surface area contributed by atoms with Gasteiger partial charge in [0, 0.05) is 6.20 Å². The molecule has 2 aromatic heterocycles. The van der Waals surface area contributed by atoms with E-state index in [1.807, 2.05) is 0 Å². The van der Waals surface area contributed by atoms with Crippen LogP contribution in [-0.4, -0.2) is 22.4 Å². The van der Waals surface area contributed by atoms with Gasteiger partial charge in [0.1, 0.15) is 10.7 Å². The first kappa shape index (κ1) is 12.1. The number of halogens is 1. The van der Waals surface area contributed by atoms with Gasteiger partial charge in [-0.05, 0) is 18.2 Å². The zero-order valence-corrected chi connectivity index (χ0v) is 11.1. The quantitative estimate of drug-likeness (QED) is 0.727. The van der Waals surface area contributed by atoms with Crippen LogP contribution in [0.3, 0.4) is 0 Å². The summed E-state index contributed by atoms with van der Waals surface area (Å²) in [5, 5.41) is 0.224. The molecular formula is C12H8ClN3O2S. The fraction of sp³-hybridized carbons (Fsp3) is 0. The van der Waals surface area contributed by atoms with Crippen LogP contribution in [-0.2, 0) is 10.0 Å². The van der Waals surface area contributed by atoms with Crippen LogP contribution >= 0.6 is 11.6 Å². The number of hydrogen-bond acceptors (Lipinski definition) is 4. The van der Waals surface area contributed by atoms with E-state index in [0.717, 1.165) is 3.97 Å². The van der Waals surface area contributed by atoms with Gasteiger partial charge >= 0.3 is 0 Å². The van der Waals surface area contributed by atoms with Crippen LogP contribution in [0.5, 0.6) is 0 Å². The molecular weight excluding hydrogens is 286 g/mol. The van der Waals surface area contributed by atoms with Gasteiger partial charge in [0.2, 0.25) is 0 Å². The van der Waals surface area contributed by atoms with Crippen molar-refractivity contribution in [3.63, 3.8) is 0 Å². The van der Waals surface area contributed by atoms with Crippen molar-refractivity contribution >= 4 is 32.8 Å². The average molecular weight is 294 g/mol. The zero-order chi connectivity index (χ0) is 13.5. The maximum Gasteiger partial charge on any atom is 0.269 e. The first-order valence-electron chi connectivity index (χ1n) is 5.39. The summed E-state index contributed by atoms with van der Waals surface area (Å²) in [5.74, 6) is 0. The second kappa shape index (κ2) is 4.32. The van der Waals surface area contributed by atoms with Crippen LogP contribution in [0.25, 0.3) is 11.2 Å². The van der Waals surface area contributed by atoms with Crippen molar-refractivity contribution < 1.29 is 8.42 Å². The van der Waals surface area contributed by atoms with Gasteiger partial charge in [-0.1, -0.05) is 29.8 Å². The van der Waals surface area contributed by atoms with Gasteiger partial charge in [0.15, 0.2) is 5.65 Å². The highest BCUT2D eigenvalue weighted by atomic mass is 35.5. The zero-order valence-electron chi connectivity index (χ0n) is 9.56. The molecule has 0 aliphatic heterocycles. The molecule has 7 heteroatoms. The van der Waals surface area contributed by atoms with Crippen LogP contribution in [0.2, 0.25) is 5.15 Å². The van der Waals surface area contributed by atoms with E-state index in [-0.39, 0.29) is 15.7 Å². The Kier molecular flexibility index (Phi) is 2.76. The Bertz CT molecular complexity index is 844. The smallest absolute Gasteiger partial charge is 0.233 e. The molecule has 0 spiro atoms. The van der Waals surface area contributed by atoms with Gasteiger partial charge < -0.3 is 0 Å². The summed E-state index contributed by atoms with van der Waals surface area (Å²) in [6.07, 6.45) is 2.74. The normalized spacial score (nSPS) is 11.8. The van der Waals surface area contributed by atoms with E-state index in [1.165, 1.54) is 24.5 Å². The van der Waals surface area contributed by atoms with Crippen LogP contribution in [0, 0.1) is 0 Å². The molecule has 0 fully saturated rings. The summed E-state index contributed by atoms with van der Waals surface area (Å²) in [5.41, 5.74) is 0.695. The minimum atomic E-state index is -3.66. The number of benzene rings is 1. The molecule has 2 heterocycles. The molecule has 19 heavy (non-hydrogen) atoms. The molecule has 5 nitrogen and oxygen atoms in total. The van der Waals surface area contributed by atoms with Crippen molar-refractivity contribution in [1.82, 2.24) is 13.9 Å². The van der Waals surface area contributed by atoms with E-state index >= 15 is 0 Å². The van der Waals surface area contributed by atoms with E-state index in [9.17, 15) is 8.42 Å². The van der Waals surface area contributed by atoms with Gasteiger partial charge in [-0.3, -0.25) is 0 Å². The van der Waals surface area contributed by atoms with Crippen LogP contribution in [0.15, 0.2) is 53.7 Å². The molecule has 0 saturated heterocycles. The molecule has 3 rings (SSSR count). The van der Waals surface area contributed by atoms with Crippen molar-refractivity contribution in [3.05, 3.63) is 53.9 Å². The maximum atomic E-state index is 12.5. The standard InChI is InChI=1S/C12H8ClN3O2S/c13-11-8-14-12-10(15-11)6-7-16(12)19(17,18)9-4-2-1-3-5-9/h1-8H. The SMILES string of the molecule is O=S(=O)(c1ccccc1)n1ccc2nc(Cl)cnc21. The highest BCUT2D eigenvalue weighted by Gasteiger charge is 2.19. The Morgan fingerprint density at radius 2 is 1.84 bits per heavy atom. The molecule has 0 bridgehead atoms. The van der Waals surface area contributed by atoms with E-state index in [1.54, 1.807) is 24.3 Å². The number of aromatic nitrogens is 3. The number of hydrogen-bond donors (Lipinski definition) is 0. The summed E-state index contributed by atoms with van der Waals surface area (Å²) in [6, 6.07) is 9.72. The summed E-state index contributed by atoms with van der Waals surface area (Å²) in [6.45, 7) is 0. The topological polar surface area (TPSA) is 64.8 Å². The largest absolute Gasteiger partial charge is 0.269 e. The van der Waals surface area contributed by atoms with Gasteiger partial charge in [0.25, 0.3) is 10.0 Å². The van der Waals surface area contributed by atoms with E-state index in [0.29, 0.717) is 5.52 Å². The molecule has 0 radical (unpaired) electrons. The van der Waals surface area contributed by atoms with Crippen LogP contribution in [0.4, 0.5) is 0 Å². The van der Waals surface area contributed by atoms with Gasteiger partial charge in [-0.25, -0.2) is 22.4 Å². The minimum absolute atomic E-state index is 0.198. The van der Waals surface area contributed by atoms with Gasteiger partial charge in [-0.2, -0.15) is 0 Å². The van der Waals surface area contributed by atoms with Crippen molar-refractivity contribution in [3.8, 4) is 0 Å². The molecule has 1 aromatic carbocycles. The molecule has 96 valence electrons. The Hall–Kier alpha value is -1.92. The van der Waals surface area contributed by atoms with E-state index in [4.69, 9.17) is 11.6 Å². The highest BCUT2D eigenvalue weighted by Crippen LogP contribution is 2.20. The third-order valence-electron chi connectivity index (χ3n) is 2.63. The molecule has 3 aromatic rings. The van der Waals surface area contributed by atoms with Gasteiger partial charge in [-0.15, -0.1) is 0 Å². The van der Waals surface area contributed by atoms with E-state index in [2.05, 4.69) is 9.97 Å². The second-order valence-corrected chi connectivity index (χ2v) is 6.03. The van der Waals surface area contributed by atoms with Crippen molar-refractivity contribution in [1.29, 1.82) is 0 Å². The fourth-order valence-corrected chi connectivity index (χ4v) is 3.22. The van der Waals surface area contributed by atoms with Crippen LogP contribution < -0.4 is 0 Å². The van der Waals surface area contributed by atoms with Gasteiger partial charge in [0.05, 0.1) is 11.1 Å². The Morgan fingerprint density at radius 3 is 2.58 bits per heavy atom. The number of nitrogens with zero attached hydrogens (tertiary/aromatic N) is 3. The highest BCUT2D eigenvalue weighted by molar-refractivity contribution is 7.90. The molecule has 0 unspecified atom stereocenters. The van der Waals surface area contributed by atoms with E-state index < -0.39 is 10.0 Å². The Balaban J connectivity index is 2.25. The first-order chi connectivity index (χ1) is 9.09. The summed E-state index contributed by atoms with van der Waals surface area (Å²) in [4.78, 5) is 8.24. The third-order valence-corrected chi connectivity index (χ3v) is 4.49. The fourth-order valence-electron chi connectivity index (χ4n) is 1.76. The summed E-state index contributed by atoms with van der Waals surface area (Å²) in [7, 11) is -3.66. The molecule has 0 aliphatic carbocycles. The third kappa shape index (κ3) is 1.98. The van der Waals surface area contributed by atoms with Crippen LogP contribution in [0.1, 0.15) is 0 Å². The predicted molar refractivity (Wildman–Crippen MR) is 71.6 cm³/mol. The lowest BCUT2D eigenvalue weighted by Gasteiger charge is -2.06. The Morgan fingerprint density at radius 1 is 1.11 bits per heavy atom. The van der Waals surface area contributed by atoms with Crippen molar-refractivity contribution in [2.45, 2.75) is 4.90 Å². The lowest BCUT2D eigenvalue weighted by molar-refractivity contribution is 0.588. The first-order valence-corrected chi connectivity index (χ1v) is 7.21. The van der Waals surface area contributed by atoms with Crippen molar-refractivity contribution in [2.24, 2.45) is 0 Å². The predicted octanol–water partition coefficient (Wildman–Crippen LogP) is 2.32. The number of fused-ring (bicyclic) bond motifs is 1. The molecule has 0 amide bonds. The minimum Gasteiger partial charge on any atom is -0.233 e. The molecule has 0 saturated carbocycles. The lowest BCUT2D eigenvalue weighted by Crippen LogP contribution is -2.12. The molecule has 0 aliphatic rings. The van der Waals surface area contributed by atoms with Crippen molar-refractivity contribution in [2.75, 3.05) is 0 Å². The second-order valence-electron chi connectivity index (χ2n) is 3.83. The average Bonchev–Trinajstić information content (AvgIpc) is 2.83. The molecule has 0 atom stereocenters. The summed E-state index contributed by atoms with van der Waals surface area (Å²) >= 11 is 5.73. The monoisotopic (exact) mass is 293 g/mol. The Labute approximate surface area is 114 Å².